The Morgan fingerprint density at radius 1 is 1.57 bits per heavy atom. The first kappa shape index (κ1) is 10.3. The van der Waals surface area contributed by atoms with Crippen molar-refractivity contribution in [2.24, 2.45) is 5.73 Å². The quantitative estimate of drug-likeness (QED) is 0.629. The van der Waals surface area contributed by atoms with Crippen molar-refractivity contribution < 1.29 is 9.90 Å². The molecule has 14 heavy (non-hydrogen) atoms. The number of aliphatic hydroxyl groups excluding tert-OH is 1. The summed E-state index contributed by atoms with van der Waals surface area (Å²) in [6, 6.07) is 5.03. The smallest absolute Gasteiger partial charge is 0.248 e. The number of carbonyl (C=O) groups is 1. The third kappa shape index (κ3) is 2.35. The molecule has 0 saturated carbocycles. The van der Waals surface area contributed by atoms with Gasteiger partial charge in [0, 0.05) is 11.1 Å². The Morgan fingerprint density at radius 3 is 2.79 bits per heavy atom. The van der Waals surface area contributed by atoms with E-state index in [4.69, 9.17) is 10.8 Å². The molecule has 0 radical (unpaired) electrons. The lowest BCUT2D eigenvalue weighted by atomic mass is 10.1. The Kier molecular flexibility index (Phi) is 3.27. The van der Waals surface area contributed by atoms with Gasteiger partial charge in [-0.2, -0.15) is 0 Å². The van der Waals surface area contributed by atoms with Gasteiger partial charge in [0.25, 0.3) is 0 Å². The lowest BCUT2D eigenvalue weighted by molar-refractivity contribution is 0.1000. The predicted molar refractivity (Wildman–Crippen MR) is 53.7 cm³/mol. The number of aliphatic hydroxyl groups is 1. The van der Waals surface area contributed by atoms with E-state index in [0.29, 0.717) is 5.56 Å². The molecule has 1 amide bonds. The predicted octanol–water partition coefficient (Wildman–Crippen LogP) is 0.438. The number of hydrogen-bond acceptors (Lipinski definition) is 2. The molecule has 72 valence electrons. The van der Waals surface area contributed by atoms with Gasteiger partial charge in [-0.05, 0) is 30.7 Å². The first-order chi connectivity index (χ1) is 6.65. The van der Waals surface area contributed by atoms with E-state index in [0.717, 1.165) is 11.1 Å². The molecule has 0 aliphatic carbocycles. The van der Waals surface area contributed by atoms with Crippen molar-refractivity contribution >= 4 is 5.91 Å². The lowest BCUT2D eigenvalue weighted by Crippen LogP contribution is -2.11. The summed E-state index contributed by atoms with van der Waals surface area (Å²) in [6.45, 7) is 1.67. The van der Waals surface area contributed by atoms with Crippen LogP contribution in [0.2, 0.25) is 0 Å². The Hall–Kier alpha value is -1.79. The summed E-state index contributed by atoms with van der Waals surface area (Å²) in [7, 11) is 0. The largest absolute Gasteiger partial charge is 0.384 e. The molecule has 0 heterocycles. The SMILES string of the molecule is Cc1cc(C(N)=O)ccc1C#CCO. The maximum absolute atomic E-state index is 10.8. The molecule has 0 aromatic heterocycles. The molecule has 3 N–H and O–H groups in total. The fraction of sp³-hybridized carbons (Fsp3) is 0.182. The summed E-state index contributed by atoms with van der Waals surface area (Å²) >= 11 is 0. The monoisotopic (exact) mass is 189 g/mol. The van der Waals surface area contributed by atoms with E-state index in [1.165, 1.54) is 0 Å². The highest BCUT2D eigenvalue weighted by Crippen LogP contribution is 2.09. The number of carbonyl (C=O) groups excluding carboxylic acids is 1. The number of benzene rings is 1. The Labute approximate surface area is 82.6 Å². The normalized spacial score (nSPS) is 9.00. The van der Waals surface area contributed by atoms with Crippen molar-refractivity contribution in [1.29, 1.82) is 0 Å². The third-order valence-corrected chi connectivity index (χ3v) is 1.81. The van der Waals surface area contributed by atoms with Crippen LogP contribution in [-0.2, 0) is 0 Å². The van der Waals surface area contributed by atoms with Crippen LogP contribution in [0.4, 0.5) is 0 Å². The van der Waals surface area contributed by atoms with Crippen molar-refractivity contribution in [3.63, 3.8) is 0 Å². The topological polar surface area (TPSA) is 63.3 Å². The summed E-state index contributed by atoms with van der Waals surface area (Å²) in [5.74, 6) is 4.87. The van der Waals surface area contributed by atoms with Crippen molar-refractivity contribution in [3.8, 4) is 11.8 Å². The number of rotatable bonds is 1. The van der Waals surface area contributed by atoms with Crippen LogP contribution in [0.3, 0.4) is 0 Å². The van der Waals surface area contributed by atoms with Crippen LogP contribution in [0.5, 0.6) is 0 Å². The van der Waals surface area contributed by atoms with Gasteiger partial charge in [-0.1, -0.05) is 11.8 Å². The minimum atomic E-state index is -0.449. The van der Waals surface area contributed by atoms with E-state index in [9.17, 15) is 4.79 Å². The summed E-state index contributed by atoms with van der Waals surface area (Å²) in [5.41, 5.74) is 7.26. The average Bonchev–Trinajstić information content (AvgIpc) is 2.15. The van der Waals surface area contributed by atoms with E-state index in [1.54, 1.807) is 18.2 Å². The second kappa shape index (κ2) is 4.45. The van der Waals surface area contributed by atoms with Gasteiger partial charge in [-0.3, -0.25) is 4.79 Å². The molecule has 3 heteroatoms. The van der Waals surface area contributed by atoms with Crippen LogP contribution in [0.1, 0.15) is 21.5 Å². The number of nitrogens with two attached hydrogens (primary N) is 1. The van der Waals surface area contributed by atoms with Gasteiger partial charge in [0.15, 0.2) is 0 Å². The van der Waals surface area contributed by atoms with E-state index in [-0.39, 0.29) is 6.61 Å². The molecule has 0 bridgehead atoms. The molecule has 1 aromatic rings. The fourth-order valence-corrected chi connectivity index (χ4v) is 1.09. The average molecular weight is 189 g/mol. The summed E-state index contributed by atoms with van der Waals surface area (Å²) in [4.78, 5) is 10.8. The van der Waals surface area contributed by atoms with Crippen molar-refractivity contribution in [1.82, 2.24) is 0 Å². The zero-order valence-electron chi connectivity index (χ0n) is 7.87. The third-order valence-electron chi connectivity index (χ3n) is 1.81. The van der Waals surface area contributed by atoms with Crippen LogP contribution < -0.4 is 5.73 Å². The van der Waals surface area contributed by atoms with Gasteiger partial charge < -0.3 is 10.8 Å². The molecule has 3 nitrogen and oxygen atoms in total. The summed E-state index contributed by atoms with van der Waals surface area (Å²) < 4.78 is 0. The summed E-state index contributed by atoms with van der Waals surface area (Å²) in [5, 5.41) is 8.51. The number of hydrogen-bond donors (Lipinski definition) is 2. The van der Waals surface area contributed by atoms with E-state index in [2.05, 4.69) is 11.8 Å². The molecule has 0 spiro atoms. The molecule has 1 rings (SSSR count). The molecule has 0 aliphatic heterocycles. The van der Waals surface area contributed by atoms with Gasteiger partial charge >= 0.3 is 0 Å². The molecule has 0 saturated heterocycles. The zero-order chi connectivity index (χ0) is 10.6. The van der Waals surface area contributed by atoms with Gasteiger partial charge in [0.05, 0.1) is 0 Å². The molecule has 0 atom stereocenters. The van der Waals surface area contributed by atoms with Crippen LogP contribution in [0.15, 0.2) is 18.2 Å². The van der Waals surface area contributed by atoms with Crippen LogP contribution in [0.25, 0.3) is 0 Å². The van der Waals surface area contributed by atoms with Crippen LogP contribution in [0, 0.1) is 18.8 Å². The fourth-order valence-electron chi connectivity index (χ4n) is 1.09. The highest BCUT2D eigenvalue weighted by atomic mass is 16.2. The minimum absolute atomic E-state index is 0.170. The van der Waals surface area contributed by atoms with Crippen LogP contribution >= 0.6 is 0 Å². The minimum Gasteiger partial charge on any atom is -0.384 e. The number of amides is 1. The lowest BCUT2D eigenvalue weighted by Gasteiger charge is -2.00. The molecular formula is C11H11NO2. The van der Waals surface area contributed by atoms with Gasteiger partial charge in [0.2, 0.25) is 5.91 Å². The Bertz CT molecular complexity index is 413. The van der Waals surface area contributed by atoms with Gasteiger partial charge in [-0.15, -0.1) is 0 Å². The van der Waals surface area contributed by atoms with Gasteiger partial charge in [0.1, 0.15) is 6.61 Å². The Balaban J connectivity index is 3.07. The van der Waals surface area contributed by atoms with E-state index >= 15 is 0 Å². The van der Waals surface area contributed by atoms with Crippen molar-refractivity contribution in [2.45, 2.75) is 6.92 Å². The summed E-state index contributed by atoms with van der Waals surface area (Å²) in [6.07, 6.45) is 0. The molecule has 0 aliphatic rings. The second-order valence-electron chi connectivity index (χ2n) is 2.85. The molecule has 1 aromatic carbocycles. The second-order valence-corrected chi connectivity index (χ2v) is 2.85. The highest BCUT2D eigenvalue weighted by molar-refractivity contribution is 5.93. The standard InChI is InChI=1S/C11H11NO2/c1-8-7-10(11(12)14)5-4-9(8)3-2-6-13/h4-5,7,13H,6H2,1H3,(H2,12,14). The van der Waals surface area contributed by atoms with Gasteiger partial charge in [-0.25, -0.2) is 0 Å². The number of aryl methyl sites for hydroxylation is 1. The van der Waals surface area contributed by atoms with Crippen molar-refractivity contribution in [2.75, 3.05) is 6.61 Å². The first-order valence-corrected chi connectivity index (χ1v) is 4.15. The molecular weight excluding hydrogens is 178 g/mol. The zero-order valence-corrected chi connectivity index (χ0v) is 7.87. The van der Waals surface area contributed by atoms with E-state index < -0.39 is 5.91 Å². The van der Waals surface area contributed by atoms with Crippen molar-refractivity contribution in [3.05, 3.63) is 34.9 Å². The molecule has 0 unspecified atom stereocenters. The highest BCUT2D eigenvalue weighted by Gasteiger charge is 2.01. The Morgan fingerprint density at radius 2 is 2.29 bits per heavy atom. The van der Waals surface area contributed by atoms with E-state index in [1.807, 2.05) is 6.92 Å². The first-order valence-electron chi connectivity index (χ1n) is 4.15. The number of primary amides is 1. The molecule has 0 fully saturated rings. The maximum Gasteiger partial charge on any atom is 0.248 e. The maximum atomic E-state index is 10.8. The van der Waals surface area contributed by atoms with Crippen LogP contribution in [-0.4, -0.2) is 17.6 Å².